The Morgan fingerprint density at radius 1 is 1.41 bits per heavy atom. The van der Waals surface area contributed by atoms with Crippen molar-refractivity contribution in [3.63, 3.8) is 0 Å². The standard InChI is InChI=1S/C14H18INO/c1-16(10-11-5-2-3-6-11)14(17)12-7-4-8-13(15)9-12/h4,7-9,11H,2-3,5-6,10H2,1H3. The summed E-state index contributed by atoms with van der Waals surface area (Å²) in [5, 5.41) is 0. The van der Waals surface area contributed by atoms with Crippen LogP contribution in [-0.2, 0) is 0 Å². The lowest BCUT2D eigenvalue weighted by Gasteiger charge is -2.21. The average molecular weight is 343 g/mol. The van der Waals surface area contributed by atoms with E-state index in [2.05, 4.69) is 22.6 Å². The molecule has 3 heteroatoms. The fraction of sp³-hybridized carbons (Fsp3) is 0.500. The molecule has 1 aromatic carbocycles. The number of amides is 1. The summed E-state index contributed by atoms with van der Waals surface area (Å²) in [6, 6.07) is 7.80. The van der Waals surface area contributed by atoms with Gasteiger partial charge in [0.25, 0.3) is 5.91 Å². The molecule has 0 atom stereocenters. The summed E-state index contributed by atoms with van der Waals surface area (Å²) in [5.41, 5.74) is 0.803. The van der Waals surface area contributed by atoms with Gasteiger partial charge < -0.3 is 4.90 Å². The Morgan fingerprint density at radius 3 is 2.76 bits per heavy atom. The zero-order valence-electron chi connectivity index (χ0n) is 10.2. The first-order valence-electron chi connectivity index (χ1n) is 6.18. The van der Waals surface area contributed by atoms with E-state index in [-0.39, 0.29) is 5.91 Å². The third kappa shape index (κ3) is 3.44. The molecular formula is C14H18INO. The minimum Gasteiger partial charge on any atom is -0.341 e. The van der Waals surface area contributed by atoms with Crippen LogP contribution in [0.15, 0.2) is 24.3 Å². The topological polar surface area (TPSA) is 20.3 Å². The lowest BCUT2D eigenvalue weighted by molar-refractivity contribution is 0.0773. The van der Waals surface area contributed by atoms with Crippen molar-refractivity contribution < 1.29 is 4.79 Å². The van der Waals surface area contributed by atoms with Crippen LogP contribution in [0.5, 0.6) is 0 Å². The minimum absolute atomic E-state index is 0.149. The highest BCUT2D eigenvalue weighted by molar-refractivity contribution is 14.1. The molecule has 0 spiro atoms. The van der Waals surface area contributed by atoms with Gasteiger partial charge in [0.15, 0.2) is 0 Å². The molecule has 0 aromatic heterocycles. The molecular weight excluding hydrogens is 325 g/mol. The molecule has 0 saturated heterocycles. The highest BCUT2D eigenvalue weighted by Gasteiger charge is 2.20. The Kier molecular flexibility index (Phi) is 4.42. The maximum absolute atomic E-state index is 12.2. The Morgan fingerprint density at radius 2 is 2.12 bits per heavy atom. The third-order valence-corrected chi connectivity index (χ3v) is 4.10. The van der Waals surface area contributed by atoms with Crippen LogP contribution in [0.3, 0.4) is 0 Å². The van der Waals surface area contributed by atoms with Gasteiger partial charge in [-0.25, -0.2) is 0 Å². The van der Waals surface area contributed by atoms with Crippen LogP contribution in [0, 0.1) is 9.49 Å². The monoisotopic (exact) mass is 343 g/mol. The highest BCUT2D eigenvalue weighted by atomic mass is 127. The van der Waals surface area contributed by atoms with Gasteiger partial charge in [0.2, 0.25) is 0 Å². The van der Waals surface area contributed by atoms with Gasteiger partial charge in [0.1, 0.15) is 0 Å². The number of benzene rings is 1. The summed E-state index contributed by atoms with van der Waals surface area (Å²) in [6.07, 6.45) is 5.22. The Balaban J connectivity index is 1.98. The molecule has 1 saturated carbocycles. The van der Waals surface area contributed by atoms with Crippen molar-refractivity contribution >= 4 is 28.5 Å². The molecule has 0 heterocycles. The van der Waals surface area contributed by atoms with Gasteiger partial charge in [-0.05, 0) is 59.5 Å². The Hall–Kier alpha value is -0.580. The number of carbonyl (C=O) groups excluding carboxylic acids is 1. The van der Waals surface area contributed by atoms with E-state index in [1.54, 1.807) is 0 Å². The van der Waals surface area contributed by atoms with Crippen molar-refractivity contribution in [1.29, 1.82) is 0 Å². The van der Waals surface area contributed by atoms with Crippen LogP contribution in [0.25, 0.3) is 0 Å². The zero-order valence-corrected chi connectivity index (χ0v) is 12.3. The summed E-state index contributed by atoms with van der Waals surface area (Å²) in [6.45, 7) is 0.907. The molecule has 92 valence electrons. The minimum atomic E-state index is 0.149. The molecule has 2 rings (SSSR count). The van der Waals surface area contributed by atoms with Crippen LogP contribution in [0.2, 0.25) is 0 Å². The molecule has 0 aliphatic heterocycles. The number of hydrogen-bond donors (Lipinski definition) is 0. The molecule has 1 aromatic rings. The molecule has 17 heavy (non-hydrogen) atoms. The van der Waals surface area contributed by atoms with Crippen molar-refractivity contribution in [2.24, 2.45) is 5.92 Å². The van der Waals surface area contributed by atoms with Crippen LogP contribution < -0.4 is 0 Å². The van der Waals surface area contributed by atoms with Crippen LogP contribution >= 0.6 is 22.6 Å². The predicted octanol–water partition coefficient (Wildman–Crippen LogP) is 3.55. The number of carbonyl (C=O) groups is 1. The number of hydrogen-bond acceptors (Lipinski definition) is 1. The molecule has 0 radical (unpaired) electrons. The average Bonchev–Trinajstić information content (AvgIpc) is 2.80. The first-order valence-corrected chi connectivity index (χ1v) is 7.26. The largest absolute Gasteiger partial charge is 0.341 e. The van der Waals surface area contributed by atoms with Gasteiger partial charge in [-0.2, -0.15) is 0 Å². The first kappa shape index (κ1) is 12.9. The number of halogens is 1. The lowest BCUT2D eigenvalue weighted by Crippen LogP contribution is -2.31. The van der Waals surface area contributed by atoms with Gasteiger partial charge >= 0.3 is 0 Å². The fourth-order valence-electron chi connectivity index (χ4n) is 2.51. The van der Waals surface area contributed by atoms with E-state index in [4.69, 9.17) is 0 Å². The second-order valence-corrected chi connectivity index (χ2v) is 6.09. The Labute approximate surface area is 117 Å². The van der Waals surface area contributed by atoms with Crippen molar-refractivity contribution in [3.8, 4) is 0 Å². The Bertz CT molecular complexity index is 399. The van der Waals surface area contributed by atoms with Crippen molar-refractivity contribution in [3.05, 3.63) is 33.4 Å². The van der Waals surface area contributed by atoms with E-state index in [0.717, 1.165) is 15.7 Å². The van der Waals surface area contributed by atoms with E-state index >= 15 is 0 Å². The van der Waals surface area contributed by atoms with E-state index in [0.29, 0.717) is 5.92 Å². The van der Waals surface area contributed by atoms with Crippen LogP contribution in [0.1, 0.15) is 36.0 Å². The highest BCUT2D eigenvalue weighted by Crippen LogP contribution is 2.25. The summed E-state index contributed by atoms with van der Waals surface area (Å²) in [7, 11) is 1.92. The van der Waals surface area contributed by atoms with Gasteiger partial charge in [-0.3, -0.25) is 4.79 Å². The van der Waals surface area contributed by atoms with Gasteiger partial charge in [0.05, 0.1) is 0 Å². The summed E-state index contributed by atoms with van der Waals surface area (Å²) < 4.78 is 1.11. The first-order chi connectivity index (χ1) is 8.16. The SMILES string of the molecule is CN(CC1CCCC1)C(=O)c1cccc(I)c1. The maximum atomic E-state index is 12.2. The maximum Gasteiger partial charge on any atom is 0.253 e. The van der Waals surface area contributed by atoms with E-state index in [1.165, 1.54) is 25.7 Å². The van der Waals surface area contributed by atoms with Crippen molar-refractivity contribution in [1.82, 2.24) is 4.90 Å². The second-order valence-electron chi connectivity index (χ2n) is 4.85. The second kappa shape index (κ2) is 5.85. The number of nitrogens with zero attached hydrogens (tertiary/aromatic N) is 1. The molecule has 1 aliphatic carbocycles. The number of rotatable bonds is 3. The van der Waals surface area contributed by atoms with E-state index < -0.39 is 0 Å². The molecule has 0 unspecified atom stereocenters. The molecule has 0 bridgehead atoms. The summed E-state index contributed by atoms with van der Waals surface area (Å²) in [5.74, 6) is 0.863. The van der Waals surface area contributed by atoms with Crippen molar-refractivity contribution in [2.45, 2.75) is 25.7 Å². The van der Waals surface area contributed by atoms with E-state index in [1.807, 2.05) is 36.2 Å². The fourth-order valence-corrected chi connectivity index (χ4v) is 3.05. The van der Waals surface area contributed by atoms with Crippen LogP contribution in [0.4, 0.5) is 0 Å². The molecule has 0 N–H and O–H groups in total. The van der Waals surface area contributed by atoms with Gasteiger partial charge in [-0.15, -0.1) is 0 Å². The lowest BCUT2D eigenvalue weighted by atomic mass is 10.1. The van der Waals surface area contributed by atoms with E-state index in [9.17, 15) is 4.79 Å². The summed E-state index contributed by atoms with van der Waals surface area (Å²) >= 11 is 2.24. The zero-order chi connectivity index (χ0) is 12.3. The molecule has 1 fully saturated rings. The smallest absolute Gasteiger partial charge is 0.253 e. The van der Waals surface area contributed by atoms with Gasteiger partial charge in [-0.1, -0.05) is 18.9 Å². The van der Waals surface area contributed by atoms with Crippen molar-refractivity contribution in [2.75, 3.05) is 13.6 Å². The predicted molar refractivity (Wildman–Crippen MR) is 78.1 cm³/mol. The van der Waals surface area contributed by atoms with Gasteiger partial charge in [0, 0.05) is 22.7 Å². The third-order valence-electron chi connectivity index (χ3n) is 3.43. The quantitative estimate of drug-likeness (QED) is 0.769. The summed E-state index contributed by atoms with van der Waals surface area (Å²) in [4.78, 5) is 14.1. The molecule has 2 nitrogen and oxygen atoms in total. The molecule has 1 amide bonds. The van der Waals surface area contributed by atoms with Crippen LogP contribution in [-0.4, -0.2) is 24.4 Å². The molecule has 1 aliphatic rings. The normalized spacial score (nSPS) is 16.1.